The van der Waals surface area contributed by atoms with Crippen molar-refractivity contribution < 1.29 is 18.3 Å². The average molecular weight is 327 g/mol. The van der Waals surface area contributed by atoms with Gasteiger partial charge in [0.25, 0.3) is 0 Å². The minimum Gasteiger partial charge on any atom is -0.480 e. The van der Waals surface area contributed by atoms with E-state index in [1.165, 1.54) is 12.1 Å². The Balaban J connectivity index is 3.01. The highest BCUT2D eigenvalue weighted by molar-refractivity contribution is 7.89. The van der Waals surface area contributed by atoms with Crippen molar-refractivity contribution in [2.75, 3.05) is 0 Å². The summed E-state index contributed by atoms with van der Waals surface area (Å²) in [5.41, 5.74) is 0.945. The van der Waals surface area contributed by atoms with Gasteiger partial charge >= 0.3 is 5.97 Å². The molecule has 1 aromatic rings. The van der Waals surface area contributed by atoms with Crippen molar-refractivity contribution in [1.29, 1.82) is 0 Å². The Labute approximate surface area is 132 Å². The smallest absolute Gasteiger partial charge is 0.321 e. The number of rotatable bonds is 6. The SMILES string of the molecule is CC(C)CC(NS(=O)(=O)c1ccc(C(C)(C)C)cc1)C(=O)O. The lowest BCUT2D eigenvalue weighted by molar-refractivity contribution is -0.139. The molecule has 22 heavy (non-hydrogen) atoms. The summed E-state index contributed by atoms with van der Waals surface area (Å²) in [6.45, 7) is 9.82. The molecule has 0 amide bonds. The van der Waals surface area contributed by atoms with Crippen molar-refractivity contribution >= 4 is 16.0 Å². The van der Waals surface area contributed by atoms with E-state index < -0.39 is 22.0 Å². The van der Waals surface area contributed by atoms with Crippen LogP contribution < -0.4 is 4.72 Å². The normalized spacial score (nSPS) is 14.1. The van der Waals surface area contributed by atoms with Crippen LogP contribution in [0, 0.1) is 5.92 Å². The van der Waals surface area contributed by atoms with E-state index in [0.717, 1.165) is 5.56 Å². The van der Waals surface area contributed by atoms with Crippen molar-refractivity contribution in [3.63, 3.8) is 0 Å². The first-order chi connectivity index (χ1) is 9.93. The molecule has 1 atom stereocenters. The van der Waals surface area contributed by atoms with Crippen LogP contribution in [-0.4, -0.2) is 25.5 Å². The summed E-state index contributed by atoms with van der Waals surface area (Å²) in [6.07, 6.45) is 0.245. The molecule has 0 saturated carbocycles. The zero-order chi connectivity index (χ0) is 17.1. The minimum atomic E-state index is -3.84. The van der Waals surface area contributed by atoms with Crippen LogP contribution in [0.2, 0.25) is 0 Å². The van der Waals surface area contributed by atoms with E-state index in [-0.39, 0.29) is 22.6 Å². The number of hydrogen-bond acceptors (Lipinski definition) is 3. The largest absolute Gasteiger partial charge is 0.480 e. The lowest BCUT2D eigenvalue weighted by Gasteiger charge is -2.20. The predicted octanol–water partition coefficient (Wildman–Crippen LogP) is 2.76. The molecule has 1 unspecified atom stereocenters. The number of hydrogen-bond donors (Lipinski definition) is 2. The van der Waals surface area contributed by atoms with Gasteiger partial charge in [0, 0.05) is 0 Å². The zero-order valence-electron chi connectivity index (χ0n) is 13.8. The standard InChI is InChI=1S/C16H25NO4S/c1-11(2)10-14(15(18)19)17-22(20,21)13-8-6-12(7-9-13)16(3,4)5/h6-9,11,14,17H,10H2,1-5H3,(H,18,19). The van der Waals surface area contributed by atoms with Gasteiger partial charge in [-0.25, -0.2) is 8.42 Å². The molecule has 0 fully saturated rings. The molecule has 0 heterocycles. The fraction of sp³-hybridized carbons (Fsp3) is 0.562. The molecule has 0 saturated heterocycles. The lowest BCUT2D eigenvalue weighted by Crippen LogP contribution is -2.41. The first kappa shape index (κ1) is 18.6. The van der Waals surface area contributed by atoms with Gasteiger partial charge < -0.3 is 5.11 Å². The van der Waals surface area contributed by atoms with E-state index in [2.05, 4.69) is 4.72 Å². The number of carbonyl (C=O) groups is 1. The molecule has 0 aliphatic carbocycles. The Morgan fingerprint density at radius 2 is 1.68 bits per heavy atom. The van der Waals surface area contributed by atoms with Crippen LogP contribution in [0.5, 0.6) is 0 Å². The molecule has 0 spiro atoms. The maximum Gasteiger partial charge on any atom is 0.321 e. The van der Waals surface area contributed by atoms with Crippen LogP contribution in [0.15, 0.2) is 29.2 Å². The summed E-state index contributed by atoms with van der Waals surface area (Å²) in [4.78, 5) is 11.3. The van der Waals surface area contributed by atoms with E-state index in [1.807, 2.05) is 34.6 Å². The summed E-state index contributed by atoms with van der Waals surface area (Å²) in [5.74, 6) is -1.09. The van der Waals surface area contributed by atoms with Gasteiger partial charge in [0.15, 0.2) is 0 Å². The van der Waals surface area contributed by atoms with Gasteiger partial charge in [0.2, 0.25) is 10.0 Å². The van der Waals surface area contributed by atoms with Crippen molar-refractivity contribution in [3.05, 3.63) is 29.8 Å². The number of nitrogens with one attached hydrogen (secondary N) is 1. The molecule has 1 aromatic carbocycles. The molecule has 2 N–H and O–H groups in total. The van der Waals surface area contributed by atoms with E-state index in [4.69, 9.17) is 5.11 Å². The molecule has 124 valence electrons. The van der Waals surface area contributed by atoms with Gasteiger partial charge in [-0.05, 0) is 35.4 Å². The molecule has 0 bridgehead atoms. The topological polar surface area (TPSA) is 83.5 Å². The average Bonchev–Trinajstić information content (AvgIpc) is 2.36. The molecule has 0 aliphatic heterocycles. The van der Waals surface area contributed by atoms with Crippen molar-refractivity contribution in [3.8, 4) is 0 Å². The molecule has 5 nitrogen and oxygen atoms in total. The summed E-state index contributed by atoms with van der Waals surface area (Å²) < 4.78 is 26.9. The van der Waals surface area contributed by atoms with Gasteiger partial charge in [-0.1, -0.05) is 46.8 Å². The third-order valence-corrected chi connectivity index (χ3v) is 4.82. The number of carboxylic acid groups (broad SMARTS) is 1. The van der Waals surface area contributed by atoms with E-state index in [9.17, 15) is 13.2 Å². The van der Waals surface area contributed by atoms with Gasteiger partial charge in [-0.15, -0.1) is 0 Å². The van der Waals surface area contributed by atoms with Crippen LogP contribution in [-0.2, 0) is 20.2 Å². The van der Waals surface area contributed by atoms with E-state index >= 15 is 0 Å². The summed E-state index contributed by atoms with van der Waals surface area (Å²) >= 11 is 0. The second-order valence-corrected chi connectivity index (χ2v) is 8.63. The number of benzene rings is 1. The fourth-order valence-electron chi connectivity index (χ4n) is 2.06. The molecule has 0 radical (unpaired) electrons. The maximum absolute atomic E-state index is 12.3. The van der Waals surface area contributed by atoms with Crippen LogP contribution in [0.4, 0.5) is 0 Å². The highest BCUT2D eigenvalue weighted by Crippen LogP contribution is 2.23. The first-order valence-corrected chi connectivity index (χ1v) is 8.77. The monoisotopic (exact) mass is 327 g/mol. The second kappa shape index (κ2) is 6.79. The summed E-state index contributed by atoms with van der Waals surface area (Å²) in [6, 6.07) is 5.42. The number of aliphatic carboxylic acids is 1. The molecular weight excluding hydrogens is 302 g/mol. The third-order valence-electron chi connectivity index (χ3n) is 3.33. The first-order valence-electron chi connectivity index (χ1n) is 7.29. The van der Waals surface area contributed by atoms with Crippen LogP contribution in [0.3, 0.4) is 0 Å². The van der Waals surface area contributed by atoms with E-state index in [1.54, 1.807) is 12.1 Å². The lowest BCUT2D eigenvalue weighted by atomic mass is 9.87. The maximum atomic E-state index is 12.3. The quantitative estimate of drug-likeness (QED) is 0.841. The zero-order valence-corrected chi connectivity index (χ0v) is 14.6. The third kappa shape index (κ3) is 5.10. The highest BCUT2D eigenvalue weighted by atomic mass is 32.2. The Kier molecular flexibility index (Phi) is 5.76. The van der Waals surface area contributed by atoms with Crippen molar-refractivity contribution in [2.24, 2.45) is 5.92 Å². The van der Waals surface area contributed by atoms with Crippen molar-refractivity contribution in [2.45, 2.75) is 57.4 Å². The molecule has 6 heteroatoms. The second-order valence-electron chi connectivity index (χ2n) is 6.92. The Morgan fingerprint density at radius 3 is 2.05 bits per heavy atom. The Morgan fingerprint density at radius 1 is 1.18 bits per heavy atom. The molecule has 1 rings (SSSR count). The molecule has 0 aromatic heterocycles. The number of sulfonamides is 1. The molecule has 0 aliphatic rings. The van der Waals surface area contributed by atoms with Crippen molar-refractivity contribution in [1.82, 2.24) is 4.72 Å². The fourth-order valence-corrected chi connectivity index (χ4v) is 3.26. The Hall–Kier alpha value is -1.40. The van der Waals surface area contributed by atoms with Crippen LogP contribution >= 0.6 is 0 Å². The predicted molar refractivity (Wildman–Crippen MR) is 86.3 cm³/mol. The Bertz CT molecular complexity index is 613. The van der Waals surface area contributed by atoms with Gasteiger partial charge in [0.05, 0.1) is 4.90 Å². The van der Waals surface area contributed by atoms with E-state index in [0.29, 0.717) is 0 Å². The molecular formula is C16H25NO4S. The van der Waals surface area contributed by atoms with Crippen LogP contribution in [0.25, 0.3) is 0 Å². The van der Waals surface area contributed by atoms with Gasteiger partial charge in [0.1, 0.15) is 6.04 Å². The van der Waals surface area contributed by atoms with Gasteiger partial charge in [-0.2, -0.15) is 4.72 Å². The number of carboxylic acids is 1. The summed E-state index contributed by atoms with van der Waals surface area (Å²) in [7, 11) is -3.84. The minimum absolute atomic E-state index is 0.0725. The van der Waals surface area contributed by atoms with Gasteiger partial charge in [-0.3, -0.25) is 4.79 Å². The van der Waals surface area contributed by atoms with Crippen LogP contribution in [0.1, 0.15) is 46.6 Å². The highest BCUT2D eigenvalue weighted by Gasteiger charge is 2.26. The summed E-state index contributed by atoms with van der Waals surface area (Å²) in [5, 5.41) is 9.16.